The van der Waals surface area contributed by atoms with Gasteiger partial charge in [0.1, 0.15) is 12.2 Å². The molecule has 0 aromatic heterocycles. The normalized spacial score (nSPS) is 11.1. The molecule has 0 aliphatic rings. The molecule has 0 atom stereocenters. The third kappa shape index (κ3) is 6.04. The molecule has 0 saturated carbocycles. The molecule has 0 heterocycles. The molecule has 5 nitrogen and oxygen atoms in total. The van der Waals surface area contributed by atoms with E-state index in [-0.39, 0.29) is 5.88 Å². The first-order valence-electron chi connectivity index (χ1n) is 2.33. The second-order valence-electron chi connectivity index (χ2n) is 1.56. The maximum atomic E-state index is 10.3. The Hall–Kier alpha value is -0.0900. The Morgan fingerprint density at radius 2 is 2.10 bits per heavy atom. The van der Waals surface area contributed by atoms with E-state index < -0.39 is 19.8 Å². The van der Waals surface area contributed by atoms with E-state index >= 15 is 0 Å². The molecule has 60 valence electrons. The van der Waals surface area contributed by atoms with E-state index in [1.54, 1.807) is 0 Å². The van der Waals surface area contributed by atoms with Gasteiger partial charge in [-0.2, -0.15) is 0 Å². The second kappa shape index (κ2) is 3.93. The molecule has 0 unspecified atom stereocenters. The Labute approximate surface area is 62.5 Å². The van der Waals surface area contributed by atoms with Crippen LogP contribution in [-0.2, 0) is 9.36 Å². The zero-order valence-corrected chi connectivity index (χ0v) is 6.60. The second-order valence-corrected chi connectivity index (χ2v) is 3.47. The lowest BCUT2D eigenvalue weighted by Gasteiger charge is -2.03. The Morgan fingerprint density at radius 3 is 2.40 bits per heavy atom. The molecule has 0 rings (SSSR count). The lowest BCUT2D eigenvalue weighted by atomic mass is 10.7. The first-order chi connectivity index (χ1) is 4.45. The van der Waals surface area contributed by atoms with Crippen molar-refractivity contribution in [2.24, 2.45) is 0 Å². The van der Waals surface area contributed by atoms with Crippen LogP contribution in [0.25, 0.3) is 0 Å². The Bertz CT molecular complexity index is 166. The quantitative estimate of drug-likeness (QED) is 0.410. The number of alkyl halides is 1. The SMILES string of the molecule is O=C(CCl)NCP(=O)(O)O. The van der Waals surface area contributed by atoms with Crippen LogP contribution in [0.2, 0.25) is 0 Å². The fraction of sp³-hybridized carbons (Fsp3) is 0.667. The standard InChI is InChI=1S/C3H7ClNO4P/c4-1-3(6)5-2-10(7,8)9/h1-2H2,(H,5,6)(H2,7,8,9). The number of nitrogens with one attached hydrogen (secondary N) is 1. The average Bonchev–Trinajstić information content (AvgIpc) is 1.81. The topological polar surface area (TPSA) is 86.6 Å². The summed E-state index contributed by atoms with van der Waals surface area (Å²) in [5.41, 5.74) is 0. The zero-order valence-electron chi connectivity index (χ0n) is 4.95. The summed E-state index contributed by atoms with van der Waals surface area (Å²) in [6.07, 6.45) is -0.654. The fourth-order valence-electron chi connectivity index (χ4n) is 0.238. The van der Waals surface area contributed by atoms with Crippen LogP contribution in [0.5, 0.6) is 0 Å². The van der Waals surface area contributed by atoms with Crippen LogP contribution in [0, 0.1) is 0 Å². The maximum Gasteiger partial charge on any atom is 0.344 e. The average molecular weight is 188 g/mol. The molecule has 0 saturated heterocycles. The van der Waals surface area contributed by atoms with Crippen LogP contribution in [0.3, 0.4) is 0 Å². The van der Waals surface area contributed by atoms with E-state index in [1.165, 1.54) is 0 Å². The van der Waals surface area contributed by atoms with Gasteiger partial charge >= 0.3 is 7.60 Å². The van der Waals surface area contributed by atoms with Gasteiger partial charge in [-0.3, -0.25) is 9.36 Å². The van der Waals surface area contributed by atoms with Crippen molar-refractivity contribution in [2.75, 3.05) is 12.2 Å². The van der Waals surface area contributed by atoms with E-state index in [0.717, 1.165) is 0 Å². The molecule has 0 aromatic rings. The van der Waals surface area contributed by atoms with Crippen LogP contribution in [-0.4, -0.2) is 27.9 Å². The minimum absolute atomic E-state index is 0.292. The predicted octanol–water partition coefficient (Wildman–Crippen LogP) is -0.523. The number of halogens is 1. The van der Waals surface area contributed by atoms with Crippen molar-refractivity contribution < 1.29 is 19.1 Å². The third-order valence-corrected chi connectivity index (χ3v) is 1.42. The number of rotatable bonds is 3. The number of carbonyl (C=O) groups excluding carboxylic acids is 1. The van der Waals surface area contributed by atoms with E-state index in [4.69, 9.17) is 21.4 Å². The molecule has 0 bridgehead atoms. The number of hydrogen-bond acceptors (Lipinski definition) is 2. The van der Waals surface area contributed by atoms with Crippen molar-refractivity contribution in [3.05, 3.63) is 0 Å². The van der Waals surface area contributed by atoms with Gasteiger partial charge in [0.25, 0.3) is 0 Å². The molecule has 0 aliphatic carbocycles. The van der Waals surface area contributed by atoms with Crippen molar-refractivity contribution >= 4 is 25.1 Å². The minimum atomic E-state index is -4.12. The van der Waals surface area contributed by atoms with E-state index in [0.29, 0.717) is 0 Å². The fourth-order valence-corrected chi connectivity index (χ4v) is 0.715. The lowest BCUT2D eigenvalue weighted by Crippen LogP contribution is -2.25. The first-order valence-corrected chi connectivity index (χ1v) is 4.66. The van der Waals surface area contributed by atoms with Gasteiger partial charge in [0.05, 0.1) is 0 Å². The van der Waals surface area contributed by atoms with Crippen molar-refractivity contribution in [1.29, 1.82) is 0 Å². The summed E-state index contributed by atoms with van der Waals surface area (Å²) in [6.45, 7) is 0. The van der Waals surface area contributed by atoms with Gasteiger partial charge in [-0.1, -0.05) is 0 Å². The van der Waals surface area contributed by atoms with Crippen LogP contribution >= 0.6 is 19.2 Å². The molecule has 0 fully saturated rings. The molecule has 7 heteroatoms. The van der Waals surface area contributed by atoms with Gasteiger partial charge in [-0.25, -0.2) is 0 Å². The van der Waals surface area contributed by atoms with Gasteiger partial charge < -0.3 is 15.1 Å². The summed E-state index contributed by atoms with van der Waals surface area (Å²) in [6, 6.07) is 0. The first kappa shape index (κ1) is 9.91. The summed E-state index contributed by atoms with van der Waals surface area (Å²) in [7, 11) is -4.12. The minimum Gasteiger partial charge on any atom is -0.343 e. The van der Waals surface area contributed by atoms with Gasteiger partial charge in [0.2, 0.25) is 5.91 Å². The molecule has 3 N–H and O–H groups in total. The number of carbonyl (C=O) groups is 1. The van der Waals surface area contributed by atoms with Crippen LogP contribution in [0.4, 0.5) is 0 Å². The number of hydrogen-bond donors (Lipinski definition) is 3. The summed E-state index contributed by atoms with van der Waals surface area (Å²) in [5, 5.41) is 1.94. The Balaban J connectivity index is 3.56. The third-order valence-electron chi connectivity index (χ3n) is 0.604. The summed E-state index contributed by atoms with van der Waals surface area (Å²) in [4.78, 5) is 26.7. The maximum absolute atomic E-state index is 10.3. The molecule has 0 aromatic carbocycles. The van der Waals surface area contributed by atoms with Crippen LogP contribution in [0.15, 0.2) is 0 Å². The van der Waals surface area contributed by atoms with E-state index in [1.807, 2.05) is 5.32 Å². The predicted molar refractivity (Wildman–Crippen MR) is 35.8 cm³/mol. The summed E-state index contributed by atoms with van der Waals surface area (Å²) < 4.78 is 10.1. The lowest BCUT2D eigenvalue weighted by molar-refractivity contribution is -0.118. The molecule has 1 amide bonds. The molecular formula is C3H7ClNO4P. The highest BCUT2D eigenvalue weighted by Gasteiger charge is 2.13. The molecule has 10 heavy (non-hydrogen) atoms. The van der Waals surface area contributed by atoms with Crippen molar-refractivity contribution in [2.45, 2.75) is 0 Å². The molecular weight excluding hydrogens is 180 g/mol. The zero-order chi connectivity index (χ0) is 8.20. The highest BCUT2D eigenvalue weighted by molar-refractivity contribution is 7.51. The van der Waals surface area contributed by atoms with Gasteiger partial charge in [-0.05, 0) is 0 Å². The molecule has 0 radical (unpaired) electrons. The highest BCUT2D eigenvalue weighted by atomic mass is 35.5. The molecule has 0 aliphatic heterocycles. The summed E-state index contributed by atoms with van der Waals surface area (Å²) in [5.74, 6) is -0.884. The van der Waals surface area contributed by atoms with Crippen molar-refractivity contribution in [1.82, 2.24) is 5.32 Å². The van der Waals surface area contributed by atoms with Crippen molar-refractivity contribution in [3.63, 3.8) is 0 Å². The van der Waals surface area contributed by atoms with Gasteiger partial charge in [-0.15, -0.1) is 11.6 Å². The summed E-state index contributed by atoms with van der Waals surface area (Å²) >= 11 is 5.02. The Kier molecular flexibility index (Phi) is 3.89. The van der Waals surface area contributed by atoms with Crippen LogP contribution in [0.1, 0.15) is 0 Å². The van der Waals surface area contributed by atoms with Gasteiger partial charge in [0, 0.05) is 0 Å². The van der Waals surface area contributed by atoms with Crippen LogP contribution < -0.4 is 5.32 Å². The molecule has 0 spiro atoms. The largest absolute Gasteiger partial charge is 0.344 e. The van der Waals surface area contributed by atoms with E-state index in [2.05, 4.69) is 0 Å². The monoisotopic (exact) mass is 187 g/mol. The smallest absolute Gasteiger partial charge is 0.343 e. The Morgan fingerprint density at radius 1 is 1.60 bits per heavy atom. The van der Waals surface area contributed by atoms with Gasteiger partial charge in [0.15, 0.2) is 0 Å². The van der Waals surface area contributed by atoms with E-state index in [9.17, 15) is 9.36 Å². The van der Waals surface area contributed by atoms with Crippen molar-refractivity contribution in [3.8, 4) is 0 Å². The highest BCUT2D eigenvalue weighted by Crippen LogP contribution is 2.31. The number of amides is 1.